The molecule has 2 aliphatic carbocycles. The SMILES string of the molecule is COc1ccc(C(N)=C2CCC2)cc1OC1CCCC1.O=C1CCCCN1. The maximum atomic E-state index is 10.4. The van der Waals surface area contributed by atoms with E-state index >= 15 is 0 Å². The van der Waals surface area contributed by atoms with Crippen molar-refractivity contribution in [3.63, 3.8) is 0 Å². The Morgan fingerprint density at radius 1 is 1.04 bits per heavy atom. The summed E-state index contributed by atoms with van der Waals surface area (Å²) in [6.07, 6.45) is 11.6. The van der Waals surface area contributed by atoms with Crippen molar-refractivity contribution >= 4 is 11.6 Å². The standard InChI is InChI=1S/C17H23NO2.C5H9NO/c1-19-15-10-9-13(17(18)12-5-4-6-12)11-16(15)20-14-7-2-3-8-14;7-5-3-1-2-4-6-5/h9-11,14H,2-8,18H2,1H3;1-4H2,(H,6,7). The first kappa shape index (κ1) is 19.6. The molecule has 3 N–H and O–H groups in total. The fraction of sp³-hybridized carbons (Fsp3) is 0.591. The molecule has 0 atom stereocenters. The van der Waals surface area contributed by atoms with Crippen LogP contribution in [0.5, 0.6) is 11.5 Å². The second-order valence-corrected chi connectivity index (χ2v) is 7.57. The van der Waals surface area contributed by atoms with Gasteiger partial charge in [-0.15, -0.1) is 0 Å². The maximum absolute atomic E-state index is 10.4. The molecule has 2 saturated carbocycles. The molecular formula is C22H32N2O3. The van der Waals surface area contributed by atoms with E-state index in [1.54, 1.807) is 7.11 Å². The highest BCUT2D eigenvalue weighted by atomic mass is 16.5. The number of carbonyl (C=O) groups is 1. The third kappa shape index (κ3) is 5.41. The van der Waals surface area contributed by atoms with Crippen molar-refractivity contribution in [2.24, 2.45) is 5.73 Å². The Morgan fingerprint density at radius 2 is 1.81 bits per heavy atom. The molecular weight excluding hydrogens is 340 g/mol. The van der Waals surface area contributed by atoms with E-state index in [4.69, 9.17) is 15.2 Å². The van der Waals surface area contributed by atoms with Gasteiger partial charge in [-0.3, -0.25) is 4.79 Å². The molecule has 5 heteroatoms. The number of rotatable bonds is 4. The molecule has 3 aliphatic rings. The van der Waals surface area contributed by atoms with Gasteiger partial charge in [-0.1, -0.05) is 0 Å². The summed E-state index contributed by atoms with van der Waals surface area (Å²) in [5.41, 5.74) is 9.62. The molecule has 0 spiro atoms. The molecule has 1 aliphatic heterocycles. The molecule has 1 aromatic carbocycles. The van der Waals surface area contributed by atoms with Gasteiger partial charge < -0.3 is 20.5 Å². The summed E-state index contributed by atoms with van der Waals surface area (Å²) >= 11 is 0. The van der Waals surface area contributed by atoms with Crippen molar-refractivity contribution in [1.82, 2.24) is 5.32 Å². The Bertz CT molecular complexity index is 664. The summed E-state index contributed by atoms with van der Waals surface area (Å²) in [7, 11) is 1.68. The van der Waals surface area contributed by atoms with Gasteiger partial charge in [0.1, 0.15) is 0 Å². The number of hydrogen-bond donors (Lipinski definition) is 2. The Labute approximate surface area is 162 Å². The fourth-order valence-electron chi connectivity index (χ4n) is 3.68. The van der Waals surface area contributed by atoms with Crippen molar-refractivity contribution in [2.45, 2.75) is 70.3 Å². The summed E-state index contributed by atoms with van der Waals surface area (Å²) in [6.45, 7) is 0.888. The molecule has 1 amide bonds. The van der Waals surface area contributed by atoms with E-state index in [1.165, 1.54) is 24.8 Å². The third-order valence-electron chi connectivity index (χ3n) is 5.56. The summed E-state index contributed by atoms with van der Waals surface area (Å²) < 4.78 is 11.5. The Morgan fingerprint density at radius 3 is 2.33 bits per heavy atom. The number of allylic oxidation sites excluding steroid dienone is 1. The zero-order valence-corrected chi connectivity index (χ0v) is 16.4. The number of amides is 1. The van der Waals surface area contributed by atoms with Crippen LogP contribution in [0.15, 0.2) is 23.8 Å². The molecule has 3 fully saturated rings. The average molecular weight is 373 g/mol. The lowest BCUT2D eigenvalue weighted by atomic mass is 9.88. The molecule has 1 aromatic rings. The van der Waals surface area contributed by atoms with E-state index in [0.717, 1.165) is 74.3 Å². The van der Waals surface area contributed by atoms with Crippen LogP contribution in [-0.2, 0) is 4.79 Å². The minimum absolute atomic E-state index is 0.214. The third-order valence-corrected chi connectivity index (χ3v) is 5.56. The quantitative estimate of drug-likeness (QED) is 0.832. The minimum Gasteiger partial charge on any atom is -0.493 e. The lowest BCUT2D eigenvalue weighted by Crippen LogP contribution is -2.28. The second-order valence-electron chi connectivity index (χ2n) is 7.57. The normalized spacial score (nSPS) is 19.4. The van der Waals surface area contributed by atoms with E-state index in [0.29, 0.717) is 6.10 Å². The van der Waals surface area contributed by atoms with Gasteiger partial charge in [0, 0.05) is 24.2 Å². The van der Waals surface area contributed by atoms with E-state index in [-0.39, 0.29) is 5.91 Å². The smallest absolute Gasteiger partial charge is 0.219 e. The Hall–Kier alpha value is -2.17. The molecule has 0 radical (unpaired) electrons. The van der Waals surface area contributed by atoms with Crippen LogP contribution < -0.4 is 20.5 Å². The van der Waals surface area contributed by atoms with Crippen LogP contribution in [0.2, 0.25) is 0 Å². The van der Waals surface area contributed by atoms with Crippen molar-refractivity contribution in [3.8, 4) is 11.5 Å². The van der Waals surface area contributed by atoms with Gasteiger partial charge in [0.15, 0.2) is 11.5 Å². The Balaban J connectivity index is 0.000000253. The monoisotopic (exact) mass is 372 g/mol. The van der Waals surface area contributed by atoms with Gasteiger partial charge in [0.05, 0.1) is 13.2 Å². The van der Waals surface area contributed by atoms with E-state index in [2.05, 4.69) is 5.32 Å². The van der Waals surface area contributed by atoms with E-state index < -0.39 is 0 Å². The number of ether oxygens (including phenoxy) is 2. The largest absolute Gasteiger partial charge is 0.493 e. The van der Waals surface area contributed by atoms with Crippen LogP contribution in [0.4, 0.5) is 0 Å². The molecule has 148 valence electrons. The summed E-state index contributed by atoms with van der Waals surface area (Å²) in [6, 6.07) is 6.03. The predicted molar refractivity (Wildman–Crippen MR) is 108 cm³/mol. The number of methoxy groups -OCH3 is 1. The first-order valence-corrected chi connectivity index (χ1v) is 10.3. The number of hydrogen-bond acceptors (Lipinski definition) is 4. The second kappa shape index (κ2) is 9.67. The van der Waals surface area contributed by atoms with E-state index in [1.807, 2.05) is 18.2 Å². The van der Waals surface area contributed by atoms with Crippen LogP contribution in [0.25, 0.3) is 5.70 Å². The topological polar surface area (TPSA) is 73.6 Å². The van der Waals surface area contributed by atoms with Crippen LogP contribution in [0.3, 0.4) is 0 Å². The molecule has 1 heterocycles. The van der Waals surface area contributed by atoms with Gasteiger partial charge in [0.2, 0.25) is 5.91 Å². The van der Waals surface area contributed by atoms with E-state index in [9.17, 15) is 4.79 Å². The lowest BCUT2D eigenvalue weighted by Gasteiger charge is -2.21. The van der Waals surface area contributed by atoms with Crippen molar-refractivity contribution < 1.29 is 14.3 Å². The zero-order chi connectivity index (χ0) is 19.1. The van der Waals surface area contributed by atoms with Crippen molar-refractivity contribution in [3.05, 3.63) is 29.3 Å². The number of nitrogens with two attached hydrogens (primary N) is 1. The molecule has 4 rings (SSSR count). The summed E-state index contributed by atoms with van der Waals surface area (Å²) in [5.74, 6) is 1.85. The minimum atomic E-state index is 0.214. The molecule has 0 bridgehead atoms. The highest BCUT2D eigenvalue weighted by Gasteiger charge is 2.20. The van der Waals surface area contributed by atoms with Gasteiger partial charge in [-0.25, -0.2) is 0 Å². The highest BCUT2D eigenvalue weighted by molar-refractivity contribution is 5.76. The average Bonchev–Trinajstić information content (AvgIpc) is 3.14. The van der Waals surface area contributed by atoms with Crippen LogP contribution in [-0.4, -0.2) is 25.7 Å². The van der Waals surface area contributed by atoms with Crippen LogP contribution >= 0.6 is 0 Å². The van der Waals surface area contributed by atoms with Crippen LogP contribution in [0.1, 0.15) is 69.8 Å². The fourth-order valence-corrected chi connectivity index (χ4v) is 3.68. The number of carbonyl (C=O) groups excluding carboxylic acids is 1. The zero-order valence-electron chi connectivity index (χ0n) is 16.4. The van der Waals surface area contributed by atoms with Crippen molar-refractivity contribution in [2.75, 3.05) is 13.7 Å². The maximum Gasteiger partial charge on any atom is 0.219 e. The predicted octanol–water partition coefficient (Wildman–Crippen LogP) is 4.16. The molecule has 1 saturated heterocycles. The van der Waals surface area contributed by atoms with Crippen molar-refractivity contribution in [1.29, 1.82) is 0 Å². The summed E-state index contributed by atoms with van der Waals surface area (Å²) in [5, 5.41) is 2.74. The lowest BCUT2D eigenvalue weighted by molar-refractivity contribution is -0.122. The highest BCUT2D eigenvalue weighted by Crippen LogP contribution is 2.36. The number of benzene rings is 1. The molecule has 0 unspecified atom stereocenters. The first-order valence-electron chi connectivity index (χ1n) is 10.3. The molecule has 0 aromatic heterocycles. The van der Waals surface area contributed by atoms with Gasteiger partial charge >= 0.3 is 0 Å². The molecule has 27 heavy (non-hydrogen) atoms. The van der Waals surface area contributed by atoms with Gasteiger partial charge in [0.25, 0.3) is 0 Å². The molecule has 5 nitrogen and oxygen atoms in total. The van der Waals surface area contributed by atoms with Crippen LogP contribution in [0, 0.1) is 0 Å². The van der Waals surface area contributed by atoms with Gasteiger partial charge in [-0.2, -0.15) is 0 Å². The number of nitrogens with one attached hydrogen (secondary N) is 1. The number of piperidine rings is 1. The Kier molecular flexibility index (Phi) is 7.02. The van der Waals surface area contributed by atoms with Gasteiger partial charge in [-0.05, 0) is 81.6 Å². The summed E-state index contributed by atoms with van der Waals surface area (Å²) in [4.78, 5) is 10.4. The first-order chi connectivity index (χ1) is 13.2.